The standard InChI is InChI=1S/C57H52O6S2/c1-7-56(3,4)45-22-30-49(31-23-45)65(60,61)51-34-26-47(27-35-51)62-54-36-20-43(38-52(54)41-14-10-8-11-15-41)44-21-37-55(53(39-44)42-16-12-9-13-17-42)63-57(5,6)46-24-32-50(33-25-46)64(58,59)48-28-18-40(2)19-29-48/h8-39H,7H2,1-6H3. The van der Waals surface area contributed by atoms with E-state index in [1.54, 1.807) is 72.8 Å². The second-order valence-electron chi connectivity index (χ2n) is 17.4. The first kappa shape index (κ1) is 44.9. The van der Waals surface area contributed by atoms with Gasteiger partial charge in [0.25, 0.3) is 0 Å². The number of benzene rings is 8. The van der Waals surface area contributed by atoms with E-state index < -0.39 is 25.3 Å². The lowest BCUT2D eigenvalue weighted by atomic mass is 9.82. The largest absolute Gasteiger partial charge is 0.483 e. The molecule has 0 aliphatic carbocycles. The zero-order valence-electron chi connectivity index (χ0n) is 37.4. The molecule has 8 aromatic carbocycles. The monoisotopic (exact) mass is 896 g/mol. The third-order valence-corrected chi connectivity index (χ3v) is 15.8. The summed E-state index contributed by atoms with van der Waals surface area (Å²) in [5, 5.41) is 0. The molecule has 0 bridgehead atoms. The molecule has 0 heterocycles. The summed E-state index contributed by atoms with van der Waals surface area (Å²) < 4.78 is 67.4. The van der Waals surface area contributed by atoms with Gasteiger partial charge < -0.3 is 9.47 Å². The van der Waals surface area contributed by atoms with Crippen LogP contribution in [0, 0.1) is 6.92 Å². The third-order valence-electron chi connectivity index (χ3n) is 12.2. The summed E-state index contributed by atoms with van der Waals surface area (Å²) in [5.41, 5.74) is 7.66. The average molecular weight is 897 g/mol. The van der Waals surface area contributed by atoms with E-state index in [0.717, 1.165) is 56.5 Å². The average Bonchev–Trinajstić information content (AvgIpc) is 3.32. The fourth-order valence-corrected chi connectivity index (χ4v) is 10.3. The Kier molecular flexibility index (Phi) is 12.4. The lowest BCUT2D eigenvalue weighted by molar-refractivity contribution is 0.109. The van der Waals surface area contributed by atoms with Gasteiger partial charge in [-0.2, -0.15) is 0 Å². The number of ether oxygens (including phenoxy) is 2. The summed E-state index contributed by atoms with van der Waals surface area (Å²) in [6.45, 7) is 12.3. The van der Waals surface area contributed by atoms with Gasteiger partial charge in [0.15, 0.2) is 0 Å². The van der Waals surface area contributed by atoms with Crippen molar-refractivity contribution in [2.45, 2.75) is 78.6 Å². The van der Waals surface area contributed by atoms with Gasteiger partial charge in [-0.05, 0) is 151 Å². The molecule has 8 rings (SSSR count). The van der Waals surface area contributed by atoms with E-state index in [2.05, 4.69) is 45.0 Å². The minimum Gasteiger partial charge on any atom is -0.483 e. The fourth-order valence-electron chi connectivity index (χ4n) is 7.75. The van der Waals surface area contributed by atoms with Crippen LogP contribution in [0.25, 0.3) is 33.4 Å². The summed E-state index contributed by atoms with van der Waals surface area (Å²) in [6.07, 6.45) is 0.944. The zero-order valence-corrected chi connectivity index (χ0v) is 39.1. The van der Waals surface area contributed by atoms with Gasteiger partial charge in [0.05, 0.1) is 19.6 Å². The van der Waals surface area contributed by atoms with Crippen molar-refractivity contribution in [2.75, 3.05) is 0 Å². The molecule has 0 fully saturated rings. The van der Waals surface area contributed by atoms with Crippen molar-refractivity contribution in [3.63, 3.8) is 0 Å². The molecule has 0 unspecified atom stereocenters. The summed E-state index contributed by atoms with van der Waals surface area (Å²) in [7, 11) is -7.42. The topological polar surface area (TPSA) is 86.7 Å². The Bertz CT molecular complexity index is 3160. The van der Waals surface area contributed by atoms with E-state index in [-0.39, 0.29) is 25.0 Å². The number of aryl methyl sites for hydroxylation is 1. The maximum absolute atomic E-state index is 13.6. The maximum Gasteiger partial charge on any atom is 0.206 e. The molecule has 0 atom stereocenters. The van der Waals surface area contributed by atoms with Gasteiger partial charge in [-0.15, -0.1) is 0 Å². The summed E-state index contributed by atoms with van der Waals surface area (Å²) in [5.74, 6) is 1.80. The SMILES string of the molecule is CCC(C)(C)c1ccc(S(=O)(=O)c2ccc(Oc3ccc(-c4ccc(OC(C)(C)c5ccc(S(=O)(=O)c6ccc(C)cc6)cc5)c(-c5ccccc5)c4)cc3-c3ccccc3)cc2)cc1. The van der Waals surface area contributed by atoms with Crippen LogP contribution < -0.4 is 9.47 Å². The van der Waals surface area contributed by atoms with Crippen molar-refractivity contribution >= 4 is 19.7 Å². The third kappa shape index (κ3) is 9.56. The zero-order chi connectivity index (χ0) is 46.0. The molecule has 0 aliphatic heterocycles. The normalized spacial score (nSPS) is 12.2. The van der Waals surface area contributed by atoms with E-state index in [4.69, 9.17) is 9.47 Å². The highest BCUT2D eigenvalue weighted by molar-refractivity contribution is 7.91. The summed E-state index contributed by atoms with van der Waals surface area (Å²) >= 11 is 0. The van der Waals surface area contributed by atoms with Gasteiger partial charge in [-0.25, -0.2) is 16.8 Å². The molecule has 0 amide bonds. The Morgan fingerprint density at radius 1 is 0.431 bits per heavy atom. The maximum atomic E-state index is 13.6. The Morgan fingerprint density at radius 2 is 0.831 bits per heavy atom. The molecule has 0 spiro atoms. The van der Waals surface area contributed by atoms with Gasteiger partial charge in [-0.3, -0.25) is 0 Å². The van der Waals surface area contributed by atoms with Crippen LogP contribution in [0.5, 0.6) is 17.2 Å². The van der Waals surface area contributed by atoms with E-state index in [1.165, 1.54) is 0 Å². The van der Waals surface area contributed by atoms with Crippen LogP contribution in [0.1, 0.15) is 57.7 Å². The Hall–Kier alpha value is -6.74. The van der Waals surface area contributed by atoms with Gasteiger partial charge in [-0.1, -0.05) is 136 Å². The number of sulfone groups is 2. The van der Waals surface area contributed by atoms with Crippen molar-refractivity contribution in [1.29, 1.82) is 0 Å². The van der Waals surface area contributed by atoms with Gasteiger partial charge >= 0.3 is 0 Å². The first-order valence-electron chi connectivity index (χ1n) is 21.7. The smallest absolute Gasteiger partial charge is 0.206 e. The van der Waals surface area contributed by atoms with Crippen molar-refractivity contribution in [2.24, 2.45) is 0 Å². The first-order valence-corrected chi connectivity index (χ1v) is 24.7. The predicted molar refractivity (Wildman–Crippen MR) is 261 cm³/mol. The highest BCUT2D eigenvalue weighted by Crippen LogP contribution is 2.42. The first-order chi connectivity index (χ1) is 31.0. The lowest BCUT2D eigenvalue weighted by Gasteiger charge is -2.29. The molecule has 0 aromatic heterocycles. The van der Waals surface area contributed by atoms with E-state index in [9.17, 15) is 16.8 Å². The molecule has 0 saturated heterocycles. The van der Waals surface area contributed by atoms with Crippen LogP contribution in [-0.4, -0.2) is 16.8 Å². The summed E-state index contributed by atoms with van der Waals surface area (Å²) in [6, 6.07) is 59.8. The lowest BCUT2D eigenvalue weighted by Crippen LogP contribution is -2.25. The van der Waals surface area contributed by atoms with Gasteiger partial charge in [0, 0.05) is 11.1 Å². The van der Waals surface area contributed by atoms with E-state index in [0.29, 0.717) is 17.2 Å². The molecular formula is C57H52O6S2. The predicted octanol–water partition coefficient (Wildman–Crippen LogP) is 14.5. The molecule has 8 heteroatoms. The molecule has 0 aliphatic rings. The van der Waals surface area contributed by atoms with Crippen LogP contribution in [0.2, 0.25) is 0 Å². The van der Waals surface area contributed by atoms with E-state index >= 15 is 0 Å². The van der Waals surface area contributed by atoms with Crippen LogP contribution in [-0.2, 0) is 30.7 Å². The summed E-state index contributed by atoms with van der Waals surface area (Å²) in [4.78, 5) is 0.921. The second kappa shape index (κ2) is 18.0. The van der Waals surface area contributed by atoms with Crippen molar-refractivity contribution in [3.05, 3.63) is 211 Å². The van der Waals surface area contributed by atoms with Crippen LogP contribution >= 0.6 is 0 Å². The van der Waals surface area contributed by atoms with Crippen LogP contribution in [0.15, 0.2) is 214 Å². The minimum absolute atomic E-state index is 0.0452. The van der Waals surface area contributed by atoms with E-state index in [1.807, 2.05) is 118 Å². The highest BCUT2D eigenvalue weighted by Gasteiger charge is 2.27. The van der Waals surface area contributed by atoms with Gasteiger partial charge in [0.2, 0.25) is 19.7 Å². The van der Waals surface area contributed by atoms with Gasteiger partial charge in [0.1, 0.15) is 22.8 Å². The van der Waals surface area contributed by atoms with Crippen LogP contribution in [0.4, 0.5) is 0 Å². The second-order valence-corrected chi connectivity index (χ2v) is 21.3. The number of rotatable bonds is 14. The Labute approximate surface area is 384 Å². The molecule has 6 nitrogen and oxygen atoms in total. The molecule has 8 aromatic rings. The molecular weight excluding hydrogens is 845 g/mol. The Balaban J connectivity index is 1.08. The van der Waals surface area contributed by atoms with Crippen molar-refractivity contribution in [3.8, 4) is 50.6 Å². The van der Waals surface area contributed by atoms with Crippen LogP contribution in [0.3, 0.4) is 0 Å². The number of hydrogen-bond donors (Lipinski definition) is 0. The Morgan fingerprint density at radius 3 is 1.29 bits per heavy atom. The molecule has 328 valence electrons. The quantitative estimate of drug-likeness (QED) is 0.108. The number of hydrogen-bond acceptors (Lipinski definition) is 6. The molecule has 0 saturated carbocycles. The molecule has 0 radical (unpaired) electrons. The van der Waals surface area contributed by atoms with Crippen molar-refractivity contribution in [1.82, 2.24) is 0 Å². The minimum atomic E-state index is -3.74. The highest BCUT2D eigenvalue weighted by atomic mass is 32.2. The molecule has 65 heavy (non-hydrogen) atoms. The fraction of sp³-hybridized carbons (Fsp3) is 0.158. The molecule has 0 N–H and O–H groups in total. The van der Waals surface area contributed by atoms with Crippen molar-refractivity contribution < 1.29 is 26.3 Å².